The fraction of sp³-hybridized carbons (Fsp3) is 0.778. The lowest BCUT2D eigenvalue weighted by Gasteiger charge is -2.36. The fourth-order valence-electron chi connectivity index (χ4n) is 5.42. The summed E-state index contributed by atoms with van der Waals surface area (Å²) in [6, 6.07) is -0.552. The van der Waals surface area contributed by atoms with Gasteiger partial charge in [0.1, 0.15) is 11.9 Å². The summed E-state index contributed by atoms with van der Waals surface area (Å²) < 4.78 is 12.1. The van der Waals surface area contributed by atoms with Crippen LogP contribution in [0.15, 0.2) is 11.0 Å². The molecule has 8 nitrogen and oxygen atoms in total. The molecule has 0 saturated carbocycles. The third-order valence-electron chi connectivity index (χ3n) is 8.14. The van der Waals surface area contributed by atoms with Gasteiger partial charge in [0.25, 0.3) is 0 Å². The number of ether oxygens (including phenoxy) is 2. The molecule has 1 unspecified atom stereocenters. The first-order chi connectivity index (χ1) is 16.7. The Morgan fingerprint density at radius 3 is 2.53 bits per heavy atom. The fourth-order valence-corrected chi connectivity index (χ4v) is 5.99. The monoisotopic (exact) mass is 524 g/mol. The van der Waals surface area contributed by atoms with Gasteiger partial charge in [-0.15, -0.1) is 11.3 Å². The van der Waals surface area contributed by atoms with Gasteiger partial charge in [0.2, 0.25) is 0 Å². The predicted molar refractivity (Wildman–Crippen MR) is 140 cm³/mol. The van der Waals surface area contributed by atoms with Crippen LogP contribution in [0.25, 0.3) is 6.08 Å². The van der Waals surface area contributed by atoms with E-state index in [-0.39, 0.29) is 24.2 Å². The molecule has 36 heavy (non-hydrogen) atoms. The topological polar surface area (TPSA) is 138 Å². The number of carbonyl (C=O) groups excluding carboxylic acids is 1. The van der Waals surface area contributed by atoms with E-state index in [0.29, 0.717) is 0 Å². The van der Waals surface area contributed by atoms with Crippen molar-refractivity contribution in [2.24, 2.45) is 23.0 Å². The number of nitrogens with two attached hydrogens (primary N) is 1. The van der Waals surface area contributed by atoms with Gasteiger partial charge in [-0.3, -0.25) is 4.79 Å². The van der Waals surface area contributed by atoms with Crippen molar-refractivity contribution >= 4 is 23.2 Å². The van der Waals surface area contributed by atoms with Crippen molar-refractivity contribution in [2.45, 2.75) is 116 Å². The maximum Gasteiger partial charge on any atom is 0.157 e. The van der Waals surface area contributed by atoms with E-state index in [0.717, 1.165) is 35.5 Å². The number of hydrogen-bond donors (Lipinski definition) is 4. The van der Waals surface area contributed by atoms with Crippen LogP contribution in [0.3, 0.4) is 0 Å². The second-order valence-electron chi connectivity index (χ2n) is 11.6. The molecule has 0 radical (unpaired) electrons. The highest BCUT2D eigenvalue weighted by atomic mass is 32.1. The highest BCUT2D eigenvalue weighted by Gasteiger charge is 2.57. The van der Waals surface area contributed by atoms with Gasteiger partial charge in [-0.25, -0.2) is 4.98 Å². The molecular weight excluding hydrogens is 480 g/mol. The molecule has 1 aromatic rings. The molecule has 2 aliphatic rings. The standard InChI is InChI=1S/C27H44N2O6S/c1-14-9-8-10-27(7)25(35-27)21(28)23(15(2)11-18-13-36-17(4)29-18)34-20(31)12-19(30)26(5,6)24(33)16(3)22(14)32/h11,13-14,16,19-23,25,30-32H,8-10,12,28H2,1-7H3/t14-,16+,19-,20-,21?,22-,23+,25-,27+/m0/s1. The van der Waals surface area contributed by atoms with E-state index in [4.69, 9.17) is 15.2 Å². The van der Waals surface area contributed by atoms with E-state index in [1.165, 1.54) is 0 Å². The molecule has 0 spiro atoms. The van der Waals surface area contributed by atoms with Crippen molar-refractivity contribution in [3.63, 3.8) is 0 Å². The van der Waals surface area contributed by atoms with Crippen LogP contribution in [0.1, 0.15) is 77.9 Å². The van der Waals surface area contributed by atoms with Crippen molar-refractivity contribution in [3.05, 3.63) is 21.7 Å². The van der Waals surface area contributed by atoms with Gasteiger partial charge in [-0.05, 0) is 51.2 Å². The number of epoxide rings is 1. The molecule has 0 amide bonds. The van der Waals surface area contributed by atoms with Gasteiger partial charge in [0.15, 0.2) is 6.29 Å². The summed E-state index contributed by atoms with van der Waals surface area (Å²) in [7, 11) is 0. The van der Waals surface area contributed by atoms with E-state index in [2.05, 4.69) is 4.98 Å². The summed E-state index contributed by atoms with van der Waals surface area (Å²) >= 11 is 1.55. The lowest BCUT2D eigenvalue weighted by Crippen LogP contribution is -2.48. The number of fused-ring (bicyclic) bond motifs is 1. The number of Topliss-reactive ketones (excluding diaryl/α,β-unsaturated/α-hetero) is 1. The highest BCUT2D eigenvalue weighted by molar-refractivity contribution is 7.09. The Hall–Kier alpha value is -1.20. The Morgan fingerprint density at radius 2 is 1.92 bits per heavy atom. The number of hydrogen-bond acceptors (Lipinski definition) is 9. The molecule has 2 saturated heterocycles. The molecule has 2 aliphatic heterocycles. The first-order valence-corrected chi connectivity index (χ1v) is 13.8. The Morgan fingerprint density at radius 1 is 1.25 bits per heavy atom. The second kappa shape index (κ2) is 11.3. The first kappa shape index (κ1) is 29.4. The molecule has 3 rings (SSSR count). The molecule has 204 valence electrons. The quantitative estimate of drug-likeness (QED) is 0.433. The van der Waals surface area contributed by atoms with E-state index in [9.17, 15) is 20.1 Å². The van der Waals surface area contributed by atoms with Crippen LogP contribution in [-0.4, -0.2) is 68.4 Å². The van der Waals surface area contributed by atoms with E-state index < -0.39 is 47.6 Å². The predicted octanol–water partition coefficient (Wildman–Crippen LogP) is 3.21. The van der Waals surface area contributed by atoms with Crippen molar-refractivity contribution < 1.29 is 29.6 Å². The molecule has 2 fully saturated rings. The number of aliphatic hydroxyl groups is 3. The number of aryl methyl sites for hydroxylation is 1. The summed E-state index contributed by atoms with van der Waals surface area (Å²) in [5.74, 6) is -0.980. The van der Waals surface area contributed by atoms with Crippen LogP contribution in [0, 0.1) is 24.2 Å². The summed E-state index contributed by atoms with van der Waals surface area (Å²) in [6.45, 7) is 12.8. The van der Waals surface area contributed by atoms with Crippen LogP contribution < -0.4 is 5.73 Å². The zero-order chi connectivity index (χ0) is 27.0. The van der Waals surface area contributed by atoms with Crippen LogP contribution >= 0.6 is 11.3 Å². The number of thiazole rings is 1. The van der Waals surface area contributed by atoms with Crippen LogP contribution in [-0.2, 0) is 14.3 Å². The van der Waals surface area contributed by atoms with Crippen LogP contribution in [0.2, 0.25) is 0 Å². The zero-order valence-electron chi connectivity index (χ0n) is 22.6. The smallest absolute Gasteiger partial charge is 0.157 e. The molecule has 0 aromatic carbocycles. The second-order valence-corrected chi connectivity index (χ2v) is 12.7. The first-order valence-electron chi connectivity index (χ1n) is 12.9. The largest absolute Gasteiger partial charge is 0.392 e. The molecule has 9 heteroatoms. The Labute approximate surface area is 218 Å². The van der Waals surface area contributed by atoms with Crippen molar-refractivity contribution in [1.29, 1.82) is 0 Å². The SMILES string of the molecule is CC(=Cc1csc(C)n1)[C@H]1O[C@H](O)C[C@H](O)C(C)(C)C(=O)[C@H](C)[C@@H](O)[C@@H](C)CCC[C@@]2(C)O[C@H]2C1N. The summed E-state index contributed by atoms with van der Waals surface area (Å²) in [5, 5.41) is 35.6. The molecule has 9 atom stereocenters. The summed E-state index contributed by atoms with van der Waals surface area (Å²) in [4.78, 5) is 17.8. The minimum Gasteiger partial charge on any atom is -0.392 e. The number of nitrogens with zero attached hydrogens (tertiary/aromatic N) is 1. The van der Waals surface area contributed by atoms with Crippen LogP contribution in [0.4, 0.5) is 0 Å². The van der Waals surface area contributed by atoms with Crippen molar-refractivity contribution in [2.75, 3.05) is 0 Å². The van der Waals surface area contributed by atoms with Crippen molar-refractivity contribution in [3.8, 4) is 0 Å². The molecule has 0 aliphatic carbocycles. The molecule has 5 N–H and O–H groups in total. The summed E-state index contributed by atoms with van der Waals surface area (Å²) in [6.07, 6.45) is -0.260. The lowest BCUT2D eigenvalue weighted by molar-refractivity contribution is -0.164. The molecule has 1 aromatic heterocycles. The minimum atomic E-state index is -1.36. The number of carbonyl (C=O) groups is 1. The molecule has 3 heterocycles. The van der Waals surface area contributed by atoms with Gasteiger partial charge in [-0.1, -0.05) is 34.1 Å². The van der Waals surface area contributed by atoms with E-state index >= 15 is 0 Å². The normalized spacial score (nSPS) is 41.1. The van der Waals surface area contributed by atoms with E-state index in [1.54, 1.807) is 32.1 Å². The third kappa shape index (κ3) is 6.43. The van der Waals surface area contributed by atoms with Gasteiger partial charge in [0, 0.05) is 23.1 Å². The Balaban J connectivity index is 1.90. The summed E-state index contributed by atoms with van der Waals surface area (Å²) in [5.41, 5.74) is 6.66. The number of aromatic nitrogens is 1. The number of ketones is 1. The van der Waals surface area contributed by atoms with Gasteiger partial charge in [0.05, 0.1) is 40.7 Å². The average Bonchev–Trinajstić information content (AvgIpc) is 3.31. The Kier molecular flexibility index (Phi) is 9.19. The Bertz CT molecular complexity index is 948. The average molecular weight is 525 g/mol. The third-order valence-corrected chi connectivity index (χ3v) is 8.93. The van der Waals surface area contributed by atoms with E-state index in [1.807, 2.05) is 39.2 Å². The maximum atomic E-state index is 13.3. The molecular formula is C27H44N2O6S. The molecule has 0 bridgehead atoms. The highest BCUT2D eigenvalue weighted by Crippen LogP contribution is 2.44. The lowest BCUT2D eigenvalue weighted by atomic mass is 9.73. The minimum absolute atomic E-state index is 0.0901. The maximum absolute atomic E-state index is 13.3. The number of aliphatic hydroxyl groups excluding tert-OH is 3. The van der Waals surface area contributed by atoms with Gasteiger partial charge < -0.3 is 30.5 Å². The van der Waals surface area contributed by atoms with Gasteiger partial charge >= 0.3 is 0 Å². The van der Waals surface area contributed by atoms with Gasteiger partial charge in [-0.2, -0.15) is 0 Å². The number of rotatable bonds is 2. The zero-order valence-corrected chi connectivity index (χ0v) is 23.4. The van der Waals surface area contributed by atoms with Crippen molar-refractivity contribution in [1.82, 2.24) is 4.98 Å². The van der Waals surface area contributed by atoms with Crippen LogP contribution in [0.5, 0.6) is 0 Å².